The number of aromatic nitrogens is 1. The number of nitrogens with zero attached hydrogens (tertiary/aromatic N) is 1. The van der Waals surface area contributed by atoms with Crippen molar-refractivity contribution in [2.45, 2.75) is 17.4 Å². The number of esters is 2. The van der Waals surface area contributed by atoms with E-state index in [9.17, 15) is 9.59 Å². The van der Waals surface area contributed by atoms with Crippen molar-refractivity contribution < 1.29 is 19.1 Å². The molecule has 0 amide bonds. The molecule has 1 aromatic heterocycles. The van der Waals surface area contributed by atoms with Gasteiger partial charge in [-0.15, -0.1) is 23.5 Å². The molecule has 0 aliphatic rings. The summed E-state index contributed by atoms with van der Waals surface area (Å²) in [5.41, 5.74) is 4.00. The Morgan fingerprint density at radius 1 is 0.941 bits per heavy atom. The quantitative estimate of drug-likeness (QED) is 0.190. The second-order valence-electron chi connectivity index (χ2n) is 7.30. The Hall–Kier alpha value is -2.29. The molecule has 0 aliphatic carbocycles. The summed E-state index contributed by atoms with van der Waals surface area (Å²) in [4.78, 5) is 27.8. The van der Waals surface area contributed by atoms with E-state index in [1.807, 2.05) is 48.6 Å². The Labute approximate surface area is 216 Å². The highest BCUT2D eigenvalue weighted by molar-refractivity contribution is 9.10. The lowest BCUT2D eigenvalue weighted by Gasteiger charge is -2.17. The van der Waals surface area contributed by atoms with Crippen LogP contribution in [-0.4, -0.2) is 42.6 Å². The van der Waals surface area contributed by atoms with Crippen LogP contribution in [0.25, 0.3) is 23.1 Å². The molecule has 0 unspecified atom stereocenters. The van der Waals surface area contributed by atoms with E-state index in [0.717, 1.165) is 32.2 Å². The van der Waals surface area contributed by atoms with Crippen molar-refractivity contribution >= 4 is 74.4 Å². The molecule has 1 heterocycles. The average Bonchev–Trinajstić information content (AvgIpc) is 2.86. The zero-order chi connectivity index (χ0) is 24.3. The molecule has 3 rings (SSSR count). The molecular formula is C26H26BrNO4S2. The normalized spacial score (nSPS) is 11.3. The fraction of sp³-hybridized carbons (Fsp3) is 0.269. The SMILES string of the molecule is COC(=O)CCSC(SCCC(=O)OC)c1cccc(C=Cc2ccc3ccc(Br)cc3n2)c1. The molecule has 0 atom stereocenters. The molecule has 34 heavy (non-hydrogen) atoms. The van der Waals surface area contributed by atoms with Gasteiger partial charge >= 0.3 is 11.9 Å². The standard InChI is InChI=1S/C26H26BrNO4S2/c1-31-24(29)12-14-33-26(34-15-13-25(30)32-2)20-5-3-4-18(16-20)6-10-22-11-8-19-7-9-21(27)17-23(19)28-22/h3-11,16-17,26H,12-15H2,1-2H3. The average molecular weight is 561 g/mol. The van der Waals surface area contributed by atoms with Crippen molar-refractivity contribution in [2.75, 3.05) is 25.7 Å². The van der Waals surface area contributed by atoms with Gasteiger partial charge in [0.25, 0.3) is 0 Å². The second kappa shape index (κ2) is 13.6. The number of ether oxygens (including phenoxy) is 2. The fourth-order valence-electron chi connectivity index (χ4n) is 3.13. The lowest BCUT2D eigenvalue weighted by Crippen LogP contribution is -2.04. The highest BCUT2D eigenvalue weighted by Gasteiger charge is 2.15. The predicted molar refractivity (Wildman–Crippen MR) is 146 cm³/mol. The molecule has 2 aromatic carbocycles. The lowest BCUT2D eigenvalue weighted by molar-refractivity contribution is -0.140. The van der Waals surface area contributed by atoms with Crippen LogP contribution in [-0.2, 0) is 19.1 Å². The molecule has 5 nitrogen and oxygen atoms in total. The van der Waals surface area contributed by atoms with Crippen molar-refractivity contribution in [1.29, 1.82) is 0 Å². The van der Waals surface area contributed by atoms with Crippen molar-refractivity contribution in [3.05, 3.63) is 75.9 Å². The monoisotopic (exact) mass is 559 g/mol. The summed E-state index contributed by atoms with van der Waals surface area (Å²) in [5, 5.41) is 1.10. The number of benzene rings is 2. The number of pyridine rings is 1. The van der Waals surface area contributed by atoms with Crippen LogP contribution < -0.4 is 0 Å². The summed E-state index contributed by atoms with van der Waals surface area (Å²) in [6, 6.07) is 18.4. The van der Waals surface area contributed by atoms with Gasteiger partial charge in [-0.05, 0) is 41.5 Å². The van der Waals surface area contributed by atoms with Crippen LogP contribution in [0.5, 0.6) is 0 Å². The summed E-state index contributed by atoms with van der Waals surface area (Å²) < 4.78 is 10.6. The zero-order valence-electron chi connectivity index (χ0n) is 19.0. The Bertz CT molecular complexity index is 1150. The van der Waals surface area contributed by atoms with E-state index in [-0.39, 0.29) is 16.5 Å². The third-order valence-corrected chi connectivity index (χ3v) is 8.25. The maximum atomic E-state index is 11.5. The Morgan fingerprint density at radius 2 is 1.62 bits per heavy atom. The number of fused-ring (bicyclic) bond motifs is 1. The van der Waals surface area contributed by atoms with E-state index in [4.69, 9.17) is 14.5 Å². The minimum Gasteiger partial charge on any atom is -0.469 e. The van der Waals surface area contributed by atoms with E-state index < -0.39 is 0 Å². The summed E-state index contributed by atoms with van der Waals surface area (Å²) in [6.45, 7) is 0. The summed E-state index contributed by atoms with van der Waals surface area (Å²) in [5.74, 6) is 0.827. The third-order valence-electron chi connectivity index (χ3n) is 4.91. The van der Waals surface area contributed by atoms with Crippen molar-refractivity contribution in [2.24, 2.45) is 0 Å². The van der Waals surface area contributed by atoms with Gasteiger partial charge in [0.2, 0.25) is 0 Å². The Morgan fingerprint density at radius 3 is 2.29 bits per heavy atom. The zero-order valence-corrected chi connectivity index (χ0v) is 22.3. The van der Waals surface area contributed by atoms with E-state index in [1.54, 1.807) is 23.5 Å². The van der Waals surface area contributed by atoms with Gasteiger partial charge in [0.15, 0.2) is 0 Å². The minimum absolute atomic E-state index is 0.0822. The van der Waals surface area contributed by atoms with Gasteiger partial charge in [0.1, 0.15) is 0 Å². The van der Waals surface area contributed by atoms with E-state index >= 15 is 0 Å². The predicted octanol–water partition coefficient (Wildman–Crippen LogP) is 6.76. The van der Waals surface area contributed by atoms with Crippen LogP contribution in [0.4, 0.5) is 0 Å². The number of carbonyl (C=O) groups excluding carboxylic acids is 2. The van der Waals surface area contributed by atoms with Gasteiger partial charge in [0, 0.05) is 21.4 Å². The molecule has 8 heteroatoms. The minimum atomic E-state index is -0.225. The number of halogens is 1. The van der Waals surface area contributed by atoms with Gasteiger partial charge in [0.05, 0.1) is 42.9 Å². The van der Waals surface area contributed by atoms with Crippen molar-refractivity contribution in [1.82, 2.24) is 4.98 Å². The highest BCUT2D eigenvalue weighted by Crippen LogP contribution is 2.40. The first-order valence-corrected chi connectivity index (χ1v) is 13.6. The molecule has 0 N–H and O–H groups in total. The number of rotatable bonds is 11. The molecule has 0 aliphatic heterocycles. The Balaban J connectivity index is 1.73. The van der Waals surface area contributed by atoms with Crippen molar-refractivity contribution in [3.63, 3.8) is 0 Å². The summed E-state index contributed by atoms with van der Waals surface area (Å²) in [7, 11) is 2.79. The molecule has 0 spiro atoms. The van der Waals surface area contributed by atoms with E-state index in [2.05, 4.69) is 34.1 Å². The summed E-state index contributed by atoms with van der Waals surface area (Å²) >= 11 is 6.85. The molecular weight excluding hydrogens is 534 g/mol. The topological polar surface area (TPSA) is 65.5 Å². The van der Waals surface area contributed by atoms with E-state index in [1.165, 1.54) is 14.2 Å². The second-order valence-corrected chi connectivity index (χ2v) is 10.9. The summed E-state index contributed by atoms with van der Waals surface area (Å²) in [6.07, 6.45) is 4.74. The molecule has 0 saturated heterocycles. The highest BCUT2D eigenvalue weighted by atomic mass is 79.9. The molecule has 0 radical (unpaired) electrons. The molecule has 0 bridgehead atoms. The number of thioether (sulfide) groups is 2. The third kappa shape index (κ3) is 8.18. The lowest BCUT2D eigenvalue weighted by atomic mass is 10.1. The molecule has 3 aromatic rings. The van der Waals surface area contributed by atoms with Gasteiger partial charge < -0.3 is 9.47 Å². The van der Waals surface area contributed by atoms with Gasteiger partial charge in [-0.3, -0.25) is 9.59 Å². The van der Waals surface area contributed by atoms with Gasteiger partial charge in [-0.1, -0.05) is 52.3 Å². The number of hydrogen-bond donors (Lipinski definition) is 0. The van der Waals surface area contributed by atoms with Crippen molar-refractivity contribution in [3.8, 4) is 0 Å². The van der Waals surface area contributed by atoms with Crippen LogP contribution in [0.2, 0.25) is 0 Å². The largest absolute Gasteiger partial charge is 0.469 e. The first-order valence-electron chi connectivity index (χ1n) is 10.7. The van der Waals surface area contributed by atoms with Crippen LogP contribution in [0.3, 0.4) is 0 Å². The van der Waals surface area contributed by atoms with Crippen LogP contribution in [0.15, 0.2) is 59.1 Å². The molecule has 0 saturated carbocycles. The molecule has 0 fully saturated rings. The van der Waals surface area contributed by atoms with Crippen LogP contribution in [0, 0.1) is 0 Å². The maximum Gasteiger partial charge on any atom is 0.306 e. The first-order chi connectivity index (χ1) is 16.5. The first kappa shape index (κ1) is 26.3. The smallest absolute Gasteiger partial charge is 0.306 e. The molecule has 178 valence electrons. The number of carbonyl (C=O) groups is 2. The van der Waals surface area contributed by atoms with Gasteiger partial charge in [-0.25, -0.2) is 4.98 Å². The van der Waals surface area contributed by atoms with Crippen LogP contribution >= 0.6 is 39.5 Å². The number of methoxy groups -OCH3 is 2. The fourth-order valence-corrected chi connectivity index (χ4v) is 6.12. The van der Waals surface area contributed by atoms with Crippen LogP contribution in [0.1, 0.15) is 34.2 Å². The number of hydrogen-bond acceptors (Lipinski definition) is 7. The maximum absolute atomic E-state index is 11.5. The van der Waals surface area contributed by atoms with Gasteiger partial charge in [-0.2, -0.15) is 0 Å². The van der Waals surface area contributed by atoms with E-state index in [0.29, 0.717) is 24.3 Å². The Kier molecular flexibility index (Phi) is 10.5.